The monoisotopic (exact) mass is 264 g/mol. The molecule has 1 aliphatic carbocycles. The standard InChI is InChI=1S/C10H20N2O4S/c1-3-7-12(9-4-5-9)17(15,16)11(2)8-6-10(13)14/h9H,3-8H2,1-2H3,(H,13,14). The third kappa shape index (κ3) is 3.93. The van der Waals surface area contributed by atoms with Gasteiger partial charge in [-0.15, -0.1) is 0 Å². The molecule has 0 aromatic heterocycles. The van der Waals surface area contributed by atoms with E-state index in [4.69, 9.17) is 5.11 Å². The molecule has 1 saturated carbocycles. The van der Waals surface area contributed by atoms with Crippen LogP contribution in [0.2, 0.25) is 0 Å². The van der Waals surface area contributed by atoms with Gasteiger partial charge in [-0.05, 0) is 19.3 Å². The molecule has 0 aliphatic heterocycles. The van der Waals surface area contributed by atoms with Gasteiger partial charge in [0.25, 0.3) is 10.2 Å². The zero-order chi connectivity index (χ0) is 13.1. The Hall–Kier alpha value is -0.660. The van der Waals surface area contributed by atoms with E-state index in [0.717, 1.165) is 23.6 Å². The van der Waals surface area contributed by atoms with Gasteiger partial charge in [0, 0.05) is 26.2 Å². The lowest BCUT2D eigenvalue weighted by atomic mass is 10.4. The van der Waals surface area contributed by atoms with Crippen molar-refractivity contribution in [2.45, 2.75) is 38.6 Å². The molecule has 0 radical (unpaired) electrons. The highest BCUT2D eigenvalue weighted by atomic mass is 32.2. The minimum Gasteiger partial charge on any atom is -0.481 e. The van der Waals surface area contributed by atoms with Crippen molar-refractivity contribution < 1.29 is 18.3 Å². The molecule has 0 aromatic rings. The molecule has 1 aliphatic rings. The summed E-state index contributed by atoms with van der Waals surface area (Å²) >= 11 is 0. The van der Waals surface area contributed by atoms with Gasteiger partial charge in [-0.2, -0.15) is 17.0 Å². The van der Waals surface area contributed by atoms with Gasteiger partial charge in [-0.1, -0.05) is 6.92 Å². The van der Waals surface area contributed by atoms with Gasteiger partial charge in [-0.3, -0.25) is 4.79 Å². The smallest absolute Gasteiger partial charge is 0.304 e. The van der Waals surface area contributed by atoms with Crippen molar-refractivity contribution in [2.75, 3.05) is 20.1 Å². The fraction of sp³-hybridized carbons (Fsp3) is 0.900. The van der Waals surface area contributed by atoms with E-state index < -0.39 is 16.2 Å². The van der Waals surface area contributed by atoms with Crippen LogP contribution in [0.1, 0.15) is 32.6 Å². The maximum atomic E-state index is 12.2. The van der Waals surface area contributed by atoms with Crippen LogP contribution in [0.25, 0.3) is 0 Å². The van der Waals surface area contributed by atoms with Crippen molar-refractivity contribution in [2.24, 2.45) is 0 Å². The first-order chi connectivity index (χ1) is 7.89. The SMILES string of the molecule is CCCN(C1CC1)S(=O)(=O)N(C)CCC(=O)O. The summed E-state index contributed by atoms with van der Waals surface area (Å²) in [4.78, 5) is 10.4. The van der Waals surface area contributed by atoms with Crippen LogP contribution < -0.4 is 0 Å². The number of aliphatic carboxylic acids is 1. The van der Waals surface area contributed by atoms with E-state index in [0.29, 0.717) is 6.54 Å². The maximum absolute atomic E-state index is 12.2. The zero-order valence-corrected chi connectivity index (χ0v) is 11.1. The van der Waals surface area contributed by atoms with Crippen LogP contribution in [0.15, 0.2) is 0 Å². The fourth-order valence-corrected chi connectivity index (χ4v) is 3.30. The predicted octanol–water partition coefficient (Wildman–Crippen LogP) is 0.512. The predicted molar refractivity (Wildman–Crippen MR) is 63.8 cm³/mol. The van der Waals surface area contributed by atoms with Crippen LogP contribution >= 0.6 is 0 Å². The third-order valence-corrected chi connectivity index (χ3v) is 4.77. The molecular formula is C10H20N2O4S. The molecule has 0 heterocycles. The number of carbonyl (C=O) groups is 1. The van der Waals surface area contributed by atoms with E-state index >= 15 is 0 Å². The molecule has 0 spiro atoms. The summed E-state index contributed by atoms with van der Waals surface area (Å²) < 4.78 is 27.0. The van der Waals surface area contributed by atoms with E-state index in [1.807, 2.05) is 6.92 Å². The van der Waals surface area contributed by atoms with E-state index in [9.17, 15) is 13.2 Å². The van der Waals surface area contributed by atoms with Gasteiger partial charge in [-0.25, -0.2) is 0 Å². The molecule has 100 valence electrons. The van der Waals surface area contributed by atoms with E-state index in [2.05, 4.69) is 0 Å². The summed E-state index contributed by atoms with van der Waals surface area (Å²) in [5, 5.41) is 8.56. The normalized spacial score (nSPS) is 16.7. The van der Waals surface area contributed by atoms with E-state index in [1.54, 1.807) is 0 Å². The highest BCUT2D eigenvalue weighted by Crippen LogP contribution is 2.30. The van der Waals surface area contributed by atoms with Gasteiger partial charge >= 0.3 is 5.97 Å². The number of nitrogens with zero attached hydrogens (tertiary/aromatic N) is 2. The van der Waals surface area contributed by atoms with Gasteiger partial charge in [0.05, 0.1) is 6.42 Å². The Morgan fingerprint density at radius 3 is 2.35 bits per heavy atom. The quantitative estimate of drug-likeness (QED) is 0.693. The Morgan fingerprint density at radius 1 is 1.35 bits per heavy atom. The van der Waals surface area contributed by atoms with Crippen LogP contribution in [0.5, 0.6) is 0 Å². The van der Waals surface area contributed by atoms with Crippen LogP contribution in [-0.2, 0) is 15.0 Å². The Morgan fingerprint density at radius 2 is 1.94 bits per heavy atom. The molecule has 17 heavy (non-hydrogen) atoms. The summed E-state index contributed by atoms with van der Waals surface area (Å²) in [6, 6.07) is 0.118. The van der Waals surface area contributed by atoms with Gasteiger partial charge in [0.1, 0.15) is 0 Å². The number of hydrogen-bond acceptors (Lipinski definition) is 3. The van der Waals surface area contributed by atoms with Crippen LogP contribution in [0, 0.1) is 0 Å². The number of rotatable bonds is 8. The fourth-order valence-electron chi connectivity index (χ4n) is 1.62. The van der Waals surface area contributed by atoms with Gasteiger partial charge < -0.3 is 5.11 Å². The summed E-state index contributed by atoms with van der Waals surface area (Å²) in [7, 11) is -2.06. The lowest BCUT2D eigenvalue weighted by Crippen LogP contribution is -2.44. The van der Waals surface area contributed by atoms with E-state index in [1.165, 1.54) is 11.4 Å². The molecular weight excluding hydrogens is 244 g/mol. The second-order valence-electron chi connectivity index (χ2n) is 4.31. The summed E-state index contributed by atoms with van der Waals surface area (Å²) in [6.07, 6.45) is 2.42. The minimum atomic E-state index is -3.49. The van der Waals surface area contributed by atoms with Gasteiger partial charge in [0.15, 0.2) is 0 Å². The number of hydrogen-bond donors (Lipinski definition) is 1. The van der Waals surface area contributed by atoms with Crippen molar-refractivity contribution in [1.29, 1.82) is 0 Å². The third-order valence-electron chi connectivity index (χ3n) is 2.73. The Bertz CT molecular complexity index is 365. The number of carboxylic acids is 1. The van der Waals surface area contributed by atoms with Crippen molar-refractivity contribution in [3.8, 4) is 0 Å². The molecule has 0 atom stereocenters. The number of carboxylic acid groups (broad SMARTS) is 1. The van der Waals surface area contributed by atoms with Crippen LogP contribution in [0.3, 0.4) is 0 Å². The molecule has 1 fully saturated rings. The van der Waals surface area contributed by atoms with Crippen molar-refractivity contribution in [1.82, 2.24) is 8.61 Å². The highest BCUT2D eigenvalue weighted by molar-refractivity contribution is 7.86. The molecule has 0 bridgehead atoms. The molecule has 1 rings (SSSR count). The molecule has 0 amide bonds. The second kappa shape index (κ2) is 5.79. The summed E-state index contributed by atoms with van der Waals surface area (Å²) in [5.41, 5.74) is 0. The highest BCUT2D eigenvalue weighted by Gasteiger charge is 2.38. The molecule has 0 unspecified atom stereocenters. The largest absolute Gasteiger partial charge is 0.481 e. The molecule has 0 saturated heterocycles. The van der Waals surface area contributed by atoms with Crippen LogP contribution in [0.4, 0.5) is 0 Å². The van der Waals surface area contributed by atoms with Crippen molar-refractivity contribution in [3.63, 3.8) is 0 Å². The van der Waals surface area contributed by atoms with Gasteiger partial charge in [0.2, 0.25) is 0 Å². The Kier molecular flexibility index (Phi) is 4.91. The molecule has 0 aromatic carbocycles. The first-order valence-corrected chi connectivity index (χ1v) is 7.24. The minimum absolute atomic E-state index is 0.0185. The topological polar surface area (TPSA) is 77.9 Å². The summed E-state index contributed by atoms with van der Waals surface area (Å²) in [6.45, 7) is 2.46. The first-order valence-electron chi connectivity index (χ1n) is 5.84. The molecule has 1 N–H and O–H groups in total. The Labute approximate surface area is 102 Å². The Balaban J connectivity index is 2.66. The zero-order valence-electron chi connectivity index (χ0n) is 10.3. The summed E-state index contributed by atoms with van der Waals surface area (Å²) in [5.74, 6) is -0.986. The van der Waals surface area contributed by atoms with E-state index in [-0.39, 0.29) is 19.0 Å². The van der Waals surface area contributed by atoms with Crippen LogP contribution in [-0.4, -0.2) is 54.3 Å². The molecule has 7 heteroatoms. The lowest BCUT2D eigenvalue weighted by molar-refractivity contribution is -0.137. The molecule has 6 nitrogen and oxygen atoms in total. The lowest BCUT2D eigenvalue weighted by Gasteiger charge is -2.26. The second-order valence-corrected chi connectivity index (χ2v) is 6.30. The van der Waals surface area contributed by atoms with Crippen molar-refractivity contribution in [3.05, 3.63) is 0 Å². The average molecular weight is 264 g/mol. The average Bonchev–Trinajstić information content (AvgIpc) is 3.05. The van der Waals surface area contributed by atoms with Crippen molar-refractivity contribution >= 4 is 16.2 Å². The first kappa shape index (κ1) is 14.4. The maximum Gasteiger partial charge on any atom is 0.304 e.